The van der Waals surface area contributed by atoms with Gasteiger partial charge in [0.2, 0.25) is 0 Å². The lowest BCUT2D eigenvalue weighted by Gasteiger charge is -2.13. The van der Waals surface area contributed by atoms with E-state index in [1.165, 1.54) is 18.2 Å². The third-order valence-electron chi connectivity index (χ3n) is 3.98. The Morgan fingerprint density at radius 1 is 1.27 bits per heavy atom. The van der Waals surface area contributed by atoms with Crippen molar-refractivity contribution in [2.45, 2.75) is 24.6 Å². The van der Waals surface area contributed by atoms with Crippen molar-refractivity contribution in [1.82, 2.24) is 14.5 Å². The summed E-state index contributed by atoms with van der Waals surface area (Å²) in [6.45, 7) is 0.609. The molecule has 5 heteroatoms. The van der Waals surface area contributed by atoms with Gasteiger partial charge < -0.3 is 4.57 Å². The first-order valence-corrected chi connectivity index (χ1v) is 8.53. The number of nitrogens with zero attached hydrogens (tertiary/aromatic N) is 3. The molecule has 3 aromatic rings. The molecule has 1 saturated heterocycles. The van der Waals surface area contributed by atoms with Crippen LogP contribution in [0.4, 0.5) is 4.39 Å². The number of hydrogen-bond acceptors (Lipinski definition) is 3. The van der Waals surface area contributed by atoms with E-state index in [9.17, 15) is 4.39 Å². The standard InChI is InChI=1S/C17H16FN3S/c18-13-5-1-4-12(10-13)11-21-16-14(6-2-8-19-16)20-17(21)15-7-3-9-22-15/h1-2,4-6,8,10,15H,3,7,9,11H2. The molecule has 4 rings (SSSR count). The lowest BCUT2D eigenvalue weighted by molar-refractivity contribution is 0.622. The van der Waals surface area contributed by atoms with Crippen molar-refractivity contribution in [3.63, 3.8) is 0 Å². The quantitative estimate of drug-likeness (QED) is 0.726. The van der Waals surface area contributed by atoms with Crippen LogP contribution in [0, 0.1) is 5.82 Å². The Balaban J connectivity index is 1.81. The molecule has 2 aromatic heterocycles. The van der Waals surface area contributed by atoms with E-state index in [-0.39, 0.29) is 5.82 Å². The van der Waals surface area contributed by atoms with Gasteiger partial charge >= 0.3 is 0 Å². The molecule has 0 N–H and O–H groups in total. The number of halogens is 1. The molecule has 1 unspecified atom stereocenters. The molecule has 1 aliphatic heterocycles. The van der Waals surface area contributed by atoms with Crippen LogP contribution < -0.4 is 0 Å². The molecular formula is C17H16FN3S. The van der Waals surface area contributed by atoms with Gasteiger partial charge in [0.1, 0.15) is 17.2 Å². The van der Waals surface area contributed by atoms with Gasteiger partial charge in [0.15, 0.2) is 5.65 Å². The molecule has 0 amide bonds. The van der Waals surface area contributed by atoms with E-state index in [1.807, 2.05) is 30.0 Å². The van der Waals surface area contributed by atoms with Crippen molar-refractivity contribution in [3.05, 3.63) is 59.8 Å². The minimum absolute atomic E-state index is 0.202. The SMILES string of the molecule is Fc1cccc(Cn2c(C3CCCS3)nc3cccnc32)c1. The van der Waals surface area contributed by atoms with Crippen LogP contribution in [0.1, 0.15) is 29.5 Å². The Morgan fingerprint density at radius 3 is 3.05 bits per heavy atom. The molecule has 0 spiro atoms. The number of pyridine rings is 1. The Morgan fingerprint density at radius 2 is 2.23 bits per heavy atom. The zero-order valence-electron chi connectivity index (χ0n) is 12.1. The van der Waals surface area contributed by atoms with Crippen LogP contribution in [0.5, 0.6) is 0 Å². The average Bonchev–Trinajstić information content (AvgIpc) is 3.15. The van der Waals surface area contributed by atoms with E-state index in [0.29, 0.717) is 11.8 Å². The number of benzene rings is 1. The van der Waals surface area contributed by atoms with Crippen molar-refractivity contribution < 1.29 is 4.39 Å². The van der Waals surface area contributed by atoms with Gasteiger partial charge in [-0.1, -0.05) is 12.1 Å². The van der Waals surface area contributed by atoms with E-state index < -0.39 is 0 Å². The van der Waals surface area contributed by atoms with Crippen LogP contribution in [-0.2, 0) is 6.54 Å². The van der Waals surface area contributed by atoms with Crippen LogP contribution in [-0.4, -0.2) is 20.3 Å². The molecule has 0 bridgehead atoms. The molecule has 1 aliphatic rings. The fourth-order valence-electron chi connectivity index (χ4n) is 2.98. The molecular weight excluding hydrogens is 297 g/mol. The van der Waals surface area contributed by atoms with Crippen molar-refractivity contribution in [3.8, 4) is 0 Å². The molecule has 0 saturated carbocycles. The topological polar surface area (TPSA) is 30.7 Å². The minimum Gasteiger partial charge on any atom is -0.307 e. The van der Waals surface area contributed by atoms with Gasteiger partial charge in [0.05, 0.1) is 11.8 Å². The highest BCUT2D eigenvalue weighted by atomic mass is 32.2. The first-order chi connectivity index (χ1) is 10.8. The average molecular weight is 313 g/mol. The van der Waals surface area contributed by atoms with E-state index in [4.69, 9.17) is 4.98 Å². The highest BCUT2D eigenvalue weighted by molar-refractivity contribution is 7.99. The van der Waals surface area contributed by atoms with Crippen molar-refractivity contribution >= 4 is 22.9 Å². The second-order valence-electron chi connectivity index (χ2n) is 5.53. The Bertz CT molecular complexity index is 809. The van der Waals surface area contributed by atoms with E-state index in [2.05, 4.69) is 9.55 Å². The van der Waals surface area contributed by atoms with Gasteiger partial charge in [-0.25, -0.2) is 14.4 Å². The van der Waals surface area contributed by atoms with Crippen LogP contribution in [0.25, 0.3) is 11.2 Å². The number of fused-ring (bicyclic) bond motifs is 1. The third kappa shape index (κ3) is 2.50. The fourth-order valence-corrected chi connectivity index (χ4v) is 4.26. The Hall–Kier alpha value is -1.88. The molecule has 112 valence electrons. The molecule has 1 fully saturated rings. The molecule has 1 atom stereocenters. The summed E-state index contributed by atoms with van der Waals surface area (Å²) >= 11 is 1.95. The van der Waals surface area contributed by atoms with Gasteiger partial charge in [0.25, 0.3) is 0 Å². The van der Waals surface area contributed by atoms with Gasteiger partial charge in [-0.2, -0.15) is 11.8 Å². The lowest BCUT2D eigenvalue weighted by Crippen LogP contribution is -2.08. The fraction of sp³-hybridized carbons (Fsp3) is 0.294. The van der Waals surface area contributed by atoms with Crippen molar-refractivity contribution in [2.75, 3.05) is 5.75 Å². The highest BCUT2D eigenvalue weighted by Crippen LogP contribution is 2.40. The minimum atomic E-state index is -0.202. The number of imidazole rings is 1. The first-order valence-electron chi connectivity index (χ1n) is 7.48. The maximum atomic E-state index is 13.5. The van der Waals surface area contributed by atoms with E-state index in [1.54, 1.807) is 18.3 Å². The Labute approximate surface area is 132 Å². The summed E-state index contributed by atoms with van der Waals surface area (Å²) in [4.78, 5) is 9.29. The number of thioether (sulfide) groups is 1. The van der Waals surface area contributed by atoms with Crippen LogP contribution in [0.3, 0.4) is 0 Å². The smallest absolute Gasteiger partial charge is 0.160 e. The number of hydrogen-bond donors (Lipinski definition) is 0. The summed E-state index contributed by atoms with van der Waals surface area (Å²) in [6.07, 6.45) is 4.17. The van der Waals surface area contributed by atoms with Crippen LogP contribution in [0.2, 0.25) is 0 Å². The molecule has 3 heterocycles. The van der Waals surface area contributed by atoms with Gasteiger partial charge in [-0.3, -0.25) is 0 Å². The number of aromatic nitrogens is 3. The third-order valence-corrected chi connectivity index (χ3v) is 5.35. The summed E-state index contributed by atoms with van der Waals surface area (Å²) in [7, 11) is 0. The number of rotatable bonds is 3. The normalized spacial score (nSPS) is 18.1. The molecule has 0 aliphatic carbocycles. The molecule has 0 radical (unpaired) electrons. The second-order valence-corrected chi connectivity index (χ2v) is 6.84. The molecule has 1 aromatic carbocycles. The van der Waals surface area contributed by atoms with E-state index in [0.717, 1.165) is 29.0 Å². The van der Waals surface area contributed by atoms with Crippen LogP contribution >= 0.6 is 11.8 Å². The molecule has 3 nitrogen and oxygen atoms in total. The monoisotopic (exact) mass is 313 g/mol. The second kappa shape index (κ2) is 5.72. The van der Waals surface area contributed by atoms with E-state index >= 15 is 0 Å². The Kier molecular flexibility index (Phi) is 3.58. The van der Waals surface area contributed by atoms with Crippen molar-refractivity contribution in [1.29, 1.82) is 0 Å². The lowest BCUT2D eigenvalue weighted by atomic mass is 10.2. The summed E-state index contributed by atoms with van der Waals surface area (Å²) in [5, 5.41) is 0.419. The zero-order chi connectivity index (χ0) is 14.9. The van der Waals surface area contributed by atoms with Gasteiger partial charge in [-0.15, -0.1) is 0 Å². The predicted octanol–water partition coefficient (Wildman–Crippen LogP) is 4.19. The van der Waals surface area contributed by atoms with Gasteiger partial charge in [-0.05, 0) is 48.4 Å². The summed E-state index contributed by atoms with van der Waals surface area (Å²) in [5.74, 6) is 2.05. The summed E-state index contributed by atoms with van der Waals surface area (Å²) < 4.78 is 15.6. The highest BCUT2D eigenvalue weighted by Gasteiger charge is 2.24. The predicted molar refractivity (Wildman–Crippen MR) is 87.5 cm³/mol. The maximum Gasteiger partial charge on any atom is 0.160 e. The first kappa shape index (κ1) is 13.8. The molecule has 22 heavy (non-hydrogen) atoms. The zero-order valence-corrected chi connectivity index (χ0v) is 12.9. The summed E-state index contributed by atoms with van der Waals surface area (Å²) in [6, 6.07) is 10.7. The van der Waals surface area contributed by atoms with Crippen LogP contribution in [0.15, 0.2) is 42.6 Å². The van der Waals surface area contributed by atoms with Crippen molar-refractivity contribution in [2.24, 2.45) is 0 Å². The summed E-state index contributed by atoms with van der Waals surface area (Å²) in [5.41, 5.74) is 2.74. The largest absolute Gasteiger partial charge is 0.307 e. The maximum absolute atomic E-state index is 13.5. The van der Waals surface area contributed by atoms with Gasteiger partial charge in [0, 0.05) is 6.20 Å².